The number of aliphatic hydroxyl groups excluding tert-OH is 2. The Balaban J connectivity index is 1.55. The van der Waals surface area contributed by atoms with Gasteiger partial charge in [0.05, 0.1) is 15.4 Å². The van der Waals surface area contributed by atoms with E-state index >= 15 is 0 Å². The first kappa shape index (κ1) is 23.3. The van der Waals surface area contributed by atoms with Crippen LogP contribution in [0.3, 0.4) is 0 Å². The van der Waals surface area contributed by atoms with Crippen molar-refractivity contribution in [3.05, 3.63) is 57.0 Å². The lowest BCUT2D eigenvalue weighted by Crippen LogP contribution is -2.34. The predicted molar refractivity (Wildman–Crippen MR) is 122 cm³/mol. The quantitative estimate of drug-likeness (QED) is 0.495. The van der Waals surface area contributed by atoms with Crippen LogP contribution in [0, 0.1) is 0 Å². The van der Waals surface area contributed by atoms with Crippen molar-refractivity contribution in [2.75, 3.05) is 6.61 Å². The number of aliphatic hydroxyl groups is 2. The molecule has 11 heteroatoms. The zero-order valence-electron chi connectivity index (χ0n) is 17.8. The molecule has 1 aromatic carbocycles. The summed E-state index contributed by atoms with van der Waals surface area (Å²) in [7, 11) is 0. The molecule has 0 spiro atoms. The Morgan fingerprint density at radius 2 is 1.85 bits per heavy atom. The van der Waals surface area contributed by atoms with Gasteiger partial charge in [0.1, 0.15) is 41.5 Å². The van der Waals surface area contributed by atoms with Gasteiger partial charge in [-0.1, -0.05) is 34.8 Å². The van der Waals surface area contributed by atoms with Gasteiger partial charge in [-0.15, -0.1) is 0 Å². The molecular weight excluding hydrogens is 493 g/mol. The van der Waals surface area contributed by atoms with Gasteiger partial charge in [0, 0.05) is 12.8 Å². The Labute approximate surface area is 205 Å². The summed E-state index contributed by atoms with van der Waals surface area (Å²) in [6.45, 7) is 3.52. The van der Waals surface area contributed by atoms with Crippen molar-refractivity contribution in [1.82, 2.24) is 14.5 Å². The molecule has 0 bridgehead atoms. The second-order valence-corrected chi connectivity index (χ2v) is 9.74. The number of ether oxygens (including phenoxy) is 3. The molecule has 0 saturated carbocycles. The highest BCUT2D eigenvalue weighted by Gasteiger charge is 2.58. The molecule has 2 aliphatic heterocycles. The van der Waals surface area contributed by atoms with Crippen LogP contribution in [0.25, 0.3) is 11.0 Å². The minimum atomic E-state index is -1.11. The lowest BCUT2D eigenvalue weighted by molar-refractivity contribution is -0.207. The second-order valence-electron chi connectivity index (χ2n) is 8.56. The SMILES string of the molecule is CC1(C)O[C@H]2[C@@H](O1)[C@H](n1ccc3c(Cl)ncnc31)O[C@@H]2[C@H](O)c1cc(Cl)c(Cl)cc1CCO. The highest BCUT2D eigenvalue weighted by Crippen LogP contribution is 2.48. The molecule has 3 aromatic rings. The molecular formula is C22H22Cl3N3O5. The van der Waals surface area contributed by atoms with Gasteiger partial charge in [-0.3, -0.25) is 0 Å². The smallest absolute Gasteiger partial charge is 0.164 e. The molecule has 4 heterocycles. The van der Waals surface area contributed by atoms with Crippen molar-refractivity contribution >= 4 is 45.8 Å². The van der Waals surface area contributed by atoms with E-state index < -0.39 is 36.4 Å². The summed E-state index contributed by atoms with van der Waals surface area (Å²) in [5, 5.41) is 22.6. The Morgan fingerprint density at radius 1 is 1.12 bits per heavy atom. The Kier molecular flexibility index (Phi) is 6.08. The average molecular weight is 515 g/mol. The lowest BCUT2D eigenvalue weighted by atomic mass is 9.94. The zero-order valence-corrected chi connectivity index (χ0v) is 20.1. The number of fused-ring (bicyclic) bond motifs is 2. The van der Waals surface area contributed by atoms with Gasteiger partial charge in [-0.2, -0.15) is 0 Å². The molecule has 2 saturated heterocycles. The first-order valence-corrected chi connectivity index (χ1v) is 11.6. The van der Waals surface area contributed by atoms with Crippen molar-refractivity contribution in [1.29, 1.82) is 0 Å². The van der Waals surface area contributed by atoms with E-state index in [1.165, 1.54) is 6.33 Å². The predicted octanol–water partition coefficient (Wildman–Crippen LogP) is 4.08. The third-order valence-corrected chi connectivity index (χ3v) is 7.02. The van der Waals surface area contributed by atoms with Crippen LogP contribution in [0.2, 0.25) is 15.2 Å². The monoisotopic (exact) mass is 513 g/mol. The van der Waals surface area contributed by atoms with Crippen molar-refractivity contribution < 1.29 is 24.4 Å². The van der Waals surface area contributed by atoms with E-state index in [1.54, 1.807) is 24.4 Å². The normalized spacial score (nSPS) is 27.2. The minimum Gasteiger partial charge on any atom is -0.396 e. The first-order valence-electron chi connectivity index (χ1n) is 10.4. The molecule has 8 nitrogen and oxygen atoms in total. The molecule has 2 aromatic heterocycles. The first-order chi connectivity index (χ1) is 15.7. The zero-order chi connectivity index (χ0) is 23.5. The fourth-order valence-electron chi connectivity index (χ4n) is 4.62. The molecule has 0 radical (unpaired) electrons. The van der Waals surface area contributed by atoms with Gasteiger partial charge in [0.25, 0.3) is 0 Å². The topological polar surface area (TPSA) is 98.9 Å². The van der Waals surface area contributed by atoms with Gasteiger partial charge >= 0.3 is 0 Å². The molecule has 5 atom stereocenters. The number of benzene rings is 1. The number of halogens is 3. The van der Waals surface area contributed by atoms with E-state index in [0.29, 0.717) is 43.8 Å². The number of hydrogen-bond donors (Lipinski definition) is 2. The molecule has 33 heavy (non-hydrogen) atoms. The molecule has 176 valence electrons. The van der Waals surface area contributed by atoms with Gasteiger partial charge in [0.2, 0.25) is 0 Å². The number of rotatable bonds is 5. The summed E-state index contributed by atoms with van der Waals surface area (Å²) in [6, 6.07) is 5.06. The molecule has 0 aliphatic carbocycles. The van der Waals surface area contributed by atoms with Crippen LogP contribution < -0.4 is 0 Å². The summed E-state index contributed by atoms with van der Waals surface area (Å²) in [4.78, 5) is 8.38. The fourth-order valence-corrected chi connectivity index (χ4v) is 5.17. The Morgan fingerprint density at radius 3 is 2.61 bits per heavy atom. The molecule has 0 amide bonds. The maximum absolute atomic E-state index is 11.4. The number of aromatic nitrogens is 3. The average Bonchev–Trinajstić information content (AvgIpc) is 3.41. The van der Waals surface area contributed by atoms with Crippen molar-refractivity contribution in [3.8, 4) is 0 Å². The molecule has 2 N–H and O–H groups in total. The maximum atomic E-state index is 11.4. The van der Waals surface area contributed by atoms with E-state index in [-0.39, 0.29) is 6.61 Å². The van der Waals surface area contributed by atoms with E-state index in [1.807, 2.05) is 18.4 Å². The van der Waals surface area contributed by atoms with E-state index in [0.717, 1.165) is 0 Å². The number of hydrogen-bond acceptors (Lipinski definition) is 7. The van der Waals surface area contributed by atoms with Gasteiger partial charge < -0.3 is 29.0 Å². The van der Waals surface area contributed by atoms with E-state index in [9.17, 15) is 10.2 Å². The molecule has 5 rings (SSSR count). The van der Waals surface area contributed by atoms with Crippen LogP contribution in [0.15, 0.2) is 30.7 Å². The van der Waals surface area contributed by atoms with Gasteiger partial charge in [0.15, 0.2) is 12.0 Å². The van der Waals surface area contributed by atoms with E-state index in [4.69, 9.17) is 49.0 Å². The van der Waals surface area contributed by atoms with Crippen LogP contribution in [0.5, 0.6) is 0 Å². The third kappa shape index (κ3) is 4.02. The summed E-state index contributed by atoms with van der Waals surface area (Å²) in [5.74, 6) is -0.878. The van der Waals surface area contributed by atoms with Crippen molar-refractivity contribution in [3.63, 3.8) is 0 Å². The van der Waals surface area contributed by atoms with Gasteiger partial charge in [-0.25, -0.2) is 9.97 Å². The minimum absolute atomic E-state index is 0.111. The highest BCUT2D eigenvalue weighted by atomic mass is 35.5. The molecule has 2 aliphatic rings. The third-order valence-electron chi connectivity index (χ3n) is 5.99. The summed E-state index contributed by atoms with van der Waals surface area (Å²) in [5.41, 5.74) is 1.77. The maximum Gasteiger partial charge on any atom is 0.164 e. The van der Waals surface area contributed by atoms with Crippen LogP contribution in [-0.4, -0.2) is 55.5 Å². The summed E-state index contributed by atoms with van der Waals surface area (Å²) >= 11 is 18.6. The number of nitrogens with zero attached hydrogens (tertiary/aromatic N) is 3. The fraction of sp³-hybridized carbons (Fsp3) is 0.455. The highest BCUT2D eigenvalue weighted by molar-refractivity contribution is 6.42. The summed E-state index contributed by atoms with van der Waals surface area (Å²) < 4.78 is 20.5. The molecule has 0 unspecified atom stereocenters. The second kappa shape index (κ2) is 8.62. The molecule has 2 fully saturated rings. The van der Waals surface area contributed by atoms with Crippen molar-refractivity contribution in [2.24, 2.45) is 0 Å². The van der Waals surface area contributed by atoms with Crippen LogP contribution in [-0.2, 0) is 20.6 Å². The van der Waals surface area contributed by atoms with Crippen LogP contribution in [0.4, 0.5) is 0 Å². The van der Waals surface area contributed by atoms with E-state index in [2.05, 4.69) is 9.97 Å². The lowest BCUT2D eigenvalue weighted by Gasteiger charge is -2.28. The van der Waals surface area contributed by atoms with Crippen molar-refractivity contribution in [2.45, 2.75) is 56.7 Å². The Bertz CT molecular complexity index is 1200. The largest absolute Gasteiger partial charge is 0.396 e. The standard InChI is InChI=1S/C22H22Cl3N3O5/c1-22(2)32-17-16(15(30)12-8-14(24)13(23)7-10(12)4-6-29)31-21(18(17)33-22)28-5-3-11-19(25)26-9-27-20(11)28/h3,5,7-9,15-18,21,29-30H,4,6H2,1-2H3/t15-,16-,17-,18-,21-/m1/s1. The van der Waals surface area contributed by atoms with Gasteiger partial charge in [-0.05, 0) is 49.6 Å². The van der Waals surface area contributed by atoms with Crippen LogP contribution >= 0.6 is 34.8 Å². The Hall–Kier alpha value is -1.49. The van der Waals surface area contributed by atoms with Crippen LogP contribution in [0.1, 0.15) is 37.3 Å². The summed E-state index contributed by atoms with van der Waals surface area (Å²) in [6.07, 6.45) is -0.154.